The lowest BCUT2D eigenvalue weighted by Crippen LogP contribution is -2.33. The van der Waals surface area contributed by atoms with Gasteiger partial charge in [0.25, 0.3) is 0 Å². The van der Waals surface area contributed by atoms with Crippen LogP contribution in [0.3, 0.4) is 0 Å². The van der Waals surface area contributed by atoms with Crippen molar-refractivity contribution < 1.29 is 14.4 Å². The minimum atomic E-state index is -0.377. The van der Waals surface area contributed by atoms with Crippen molar-refractivity contribution in [2.75, 3.05) is 4.90 Å². The van der Waals surface area contributed by atoms with Gasteiger partial charge in [-0.25, -0.2) is 4.90 Å². The number of hydrogen-bond donors (Lipinski definition) is 0. The molecule has 1 aliphatic heterocycles. The van der Waals surface area contributed by atoms with Crippen molar-refractivity contribution in [1.29, 1.82) is 0 Å². The first-order valence-corrected chi connectivity index (χ1v) is 9.30. The Labute approximate surface area is 162 Å². The lowest BCUT2D eigenvalue weighted by Gasteiger charge is -2.22. The molecule has 0 spiro atoms. The van der Waals surface area contributed by atoms with Gasteiger partial charge in [0, 0.05) is 16.1 Å². The summed E-state index contributed by atoms with van der Waals surface area (Å²) < 4.78 is 0. The van der Waals surface area contributed by atoms with Gasteiger partial charge in [0.2, 0.25) is 11.8 Å². The maximum absolute atomic E-state index is 13.1. The molecule has 4 rings (SSSR count). The Morgan fingerprint density at radius 1 is 1.07 bits per heavy atom. The van der Waals surface area contributed by atoms with E-state index >= 15 is 0 Å². The molecule has 5 heteroatoms. The van der Waals surface area contributed by atoms with Crippen LogP contribution in [0.1, 0.15) is 29.3 Å². The van der Waals surface area contributed by atoms with Crippen LogP contribution in [0.2, 0.25) is 5.02 Å². The van der Waals surface area contributed by atoms with Gasteiger partial charge in [-0.3, -0.25) is 14.4 Å². The molecule has 2 aliphatic rings. The molecule has 1 aliphatic carbocycles. The maximum Gasteiger partial charge on any atom is 0.238 e. The van der Waals surface area contributed by atoms with Crippen molar-refractivity contribution in [2.24, 2.45) is 17.8 Å². The third-order valence-electron chi connectivity index (χ3n) is 5.35. The first kappa shape index (κ1) is 17.7. The third-order valence-corrected chi connectivity index (χ3v) is 5.59. The van der Waals surface area contributed by atoms with Crippen LogP contribution in [0.15, 0.2) is 60.7 Å². The summed E-state index contributed by atoms with van der Waals surface area (Å²) in [5, 5.41) is 0.379. The molecule has 0 unspecified atom stereocenters. The Bertz CT molecular complexity index is 967. The van der Waals surface area contributed by atoms with Crippen molar-refractivity contribution in [3.8, 4) is 0 Å². The van der Waals surface area contributed by atoms with Crippen molar-refractivity contribution in [3.63, 3.8) is 0 Å². The average Bonchev–Trinajstić information content (AvgIpc) is 2.94. The fourth-order valence-corrected chi connectivity index (χ4v) is 4.19. The number of anilines is 1. The largest absolute Gasteiger partial charge is 0.289 e. The van der Waals surface area contributed by atoms with E-state index in [9.17, 15) is 14.4 Å². The standard InChI is InChI=1S/C22H18ClNO3/c1-13-6-5-9-16-19(13)22(27)24(21(16)26)18-11-10-15(23)12-17(18)20(25)14-7-3-2-4-8-14/h2-8,10-13,16,19H,9H2,1H3/t13-,16+,19+/m1/s1. The summed E-state index contributed by atoms with van der Waals surface area (Å²) in [5.41, 5.74) is 1.05. The number of allylic oxidation sites excluding steroid dienone is 2. The fourth-order valence-electron chi connectivity index (χ4n) is 4.02. The van der Waals surface area contributed by atoms with Gasteiger partial charge in [-0.1, -0.05) is 61.0 Å². The first-order valence-electron chi connectivity index (χ1n) is 8.93. The van der Waals surface area contributed by atoms with Crippen LogP contribution in [0, 0.1) is 17.8 Å². The molecule has 136 valence electrons. The van der Waals surface area contributed by atoms with E-state index in [0.717, 1.165) is 0 Å². The van der Waals surface area contributed by atoms with Gasteiger partial charge < -0.3 is 0 Å². The SMILES string of the molecule is C[C@@H]1C=CC[C@@H]2C(=O)N(c3ccc(Cl)cc3C(=O)c3ccccc3)C(=O)[C@@H]12. The normalized spacial score (nSPS) is 24.2. The Kier molecular flexibility index (Phi) is 4.44. The summed E-state index contributed by atoms with van der Waals surface area (Å²) in [5.74, 6) is -1.51. The molecule has 4 nitrogen and oxygen atoms in total. The molecule has 1 heterocycles. The molecule has 0 radical (unpaired) electrons. The average molecular weight is 380 g/mol. The molecule has 0 N–H and O–H groups in total. The molecular weight excluding hydrogens is 362 g/mol. The molecule has 1 fully saturated rings. The van der Waals surface area contributed by atoms with Crippen LogP contribution in [0.25, 0.3) is 0 Å². The number of fused-ring (bicyclic) bond motifs is 1. The van der Waals surface area contributed by atoms with Crippen molar-refractivity contribution in [3.05, 3.63) is 76.8 Å². The summed E-state index contributed by atoms with van der Waals surface area (Å²) >= 11 is 6.12. The van der Waals surface area contributed by atoms with E-state index in [-0.39, 0.29) is 40.9 Å². The predicted molar refractivity (Wildman–Crippen MR) is 104 cm³/mol. The smallest absolute Gasteiger partial charge is 0.238 e. The maximum atomic E-state index is 13.1. The highest BCUT2D eigenvalue weighted by Gasteiger charge is 2.51. The Hall–Kier alpha value is -2.72. The van der Waals surface area contributed by atoms with Gasteiger partial charge in [0.15, 0.2) is 5.78 Å². The van der Waals surface area contributed by atoms with Crippen LogP contribution < -0.4 is 4.90 Å². The molecule has 0 bridgehead atoms. The van der Waals surface area contributed by atoms with E-state index in [1.807, 2.05) is 25.1 Å². The van der Waals surface area contributed by atoms with Gasteiger partial charge >= 0.3 is 0 Å². The summed E-state index contributed by atoms with van der Waals surface area (Å²) in [6.45, 7) is 1.94. The first-order chi connectivity index (χ1) is 13.0. The zero-order valence-corrected chi connectivity index (χ0v) is 15.5. The minimum absolute atomic E-state index is 0.00854. The second-order valence-corrected chi connectivity index (χ2v) is 7.46. The molecule has 27 heavy (non-hydrogen) atoms. The number of imide groups is 1. The highest BCUT2D eigenvalue weighted by atomic mass is 35.5. The van der Waals surface area contributed by atoms with Crippen LogP contribution >= 0.6 is 11.6 Å². The number of amides is 2. The van der Waals surface area contributed by atoms with Crippen LogP contribution in [-0.4, -0.2) is 17.6 Å². The zero-order chi connectivity index (χ0) is 19.1. The van der Waals surface area contributed by atoms with Crippen LogP contribution in [-0.2, 0) is 9.59 Å². The van der Waals surface area contributed by atoms with E-state index in [2.05, 4.69) is 0 Å². The van der Waals surface area contributed by atoms with Gasteiger partial charge in [-0.05, 0) is 30.5 Å². The topological polar surface area (TPSA) is 54.5 Å². The number of ketones is 1. The quantitative estimate of drug-likeness (QED) is 0.454. The van der Waals surface area contributed by atoms with Crippen molar-refractivity contribution in [1.82, 2.24) is 0 Å². The second kappa shape index (κ2) is 6.78. The van der Waals surface area contributed by atoms with Crippen molar-refractivity contribution in [2.45, 2.75) is 13.3 Å². The van der Waals surface area contributed by atoms with Crippen LogP contribution in [0.4, 0.5) is 5.69 Å². The van der Waals surface area contributed by atoms with Gasteiger partial charge in [-0.15, -0.1) is 0 Å². The number of carbonyl (C=O) groups excluding carboxylic acids is 3. The van der Waals surface area contributed by atoms with Gasteiger partial charge in [0.05, 0.1) is 17.5 Å². The highest BCUT2D eigenvalue weighted by molar-refractivity contribution is 6.32. The Morgan fingerprint density at radius 3 is 2.52 bits per heavy atom. The van der Waals surface area contributed by atoms with E-state index in [4.69, 9.17) is 11.6 Å². The van der Waals surface area contributed by atoms with Gasteiger partial charge in [0.1, 0.15) is 0 Å². The predicted octanol–water partition coefficient (Wildman–Crippen LogP) is 4.27. The minimum Gasteiger partial charge on any atom is -0.289 e. The molecule has 3 atom stereocenters. The molecule has 0 saturated carbocycles. The zero-order valence-electron chi connectivity index (χ0n) is 14.8. The van der Waals surface area contributed by atoms with E-state index in [1.54, 1.807) is 36.4 Å². The lowest BCUT2D eigenvalue weighted by molar-refractivity contribution is -0.122. The molecule has 2 amide bonds. The van der Waals surface area contributed by atoms with E-state index < -0.39 is 0 Å². The Morgan fingerprint density at radius 2 is 1.81 bits per heavy atom. The molecule has 2 aromatic rings. The molecule has 2 aromatic carbocycles. The summed E-state index contributed by atoms with van der Waals surface area (Å²) in [6.07, 6.45) is 4.48. The summed E-state index contributed by atoms with van der Waals surface area (Å²) in [7, 11) is 0. The molecule has 1 saturated heterocycles. The van der Waals surface area contributed by atoms with E-state index in [0.29, 0.717) is 22.7 Å². The number of benzene rings is 2. The summed E-state index contributed by atoms with van der Waals surface area (Å²) in [4.78, 5) is 40.3. The monoisotopic (exact) mass is 379 g/mol. The fraction of sp³-hybridized carbons (Fsp3) is 0.227. The van der Waals surface area contributed by atoms with E-state index in [1.165, 1.54) is 11.0 Å². The van der Waals surface area contributed by atoms with Crippen molar-refractivity contribution >= 4 is 34.9 Å². The molecular formula is C22H18ClNO3. The highest BCUT2D eigenvalue weighted by Crippen LogP contribution is 2.41. The molecule has 0 aromatic heterocycles. The number of hydrogen-bond acceptors (Lipinski definition) is 3. The number of nitrogens with zero attached hydrogens (tertiary/aromatic N) is 1. The Balaban J connectivity index is 1.80. The van der Waals surface area contributed by atoms with Crippen LogP contribution in [0.5, 0.6) is 0 Å². The second-order valence-electron chi connectivity index (χ2n) is 7.02. The number of halogens is 1. The van der Waals surface area contributed by atoms with Gasteiger partial charge in [-0.2, -0.15) is 0 Å². The lowest BCUT2D eigenvalue weighted by atomic mass is 9.78. The number of rotatable bonds is 3. The third kappa shape index (κ3) is 2.90. The number of carbonyl (C=O) groups is 3. The summed E-state index contributed by atoms with van der Waals surface area (Å²) in [6, 6.07) is 13.5.